The average Bonchev–Trinajstić information content (AvgIpc) is 2.11. The van der Waals surface area contributed by atoms with E-state index in [0.29, 0.717) is 0 Å². The number of ketones is 2. The third-order valence-corrected chi connectivity index (χ3v) is 2.20. The fraction of sp³-hybridized carbons (Fsp3) is 0.400. The number of aliphatic hydroxyl groups excluding tert-OH is 2. The molecule has 0 unspecified atom stereocenters. The van der Waals surface area contributed by atoms with E-state index in [1.54, 1.807) is 13.8 Å². The molecule has 0 saturated heterocycles. The number of carbonyl (C=O) groups excluding carboxylic acids is 2. The predicted octanol–water partition coefficient (Wildman–Crippen LogP) is 1.44. The van der Waals surface area contributed by atoms with Gasteiger partial charge in [0.15, 0.2) is 11.5 Å². The van der Waals surface area contributed by atoms with Crippen molar-refractivity contribution < 1.29 is 19.8 Å². The molecule has 1 rings (SSSR count). The molecule has 0 spiro atoms. The zero-order valence-electron chi connectivity index (χ0n) is 8.29. The van der Waals surface area contributed by atoms with Gasteiger partial charge in [-0.3, -0.25) is 9.59 Å². The van der Waals surface area contributed by atoms with Gasteiger partial charge >= 0.3 is 0 Å². The zero-order chi connectivity index (χ0) is 11.0. The maximum atomic E-state index is 11.5. The fourth-order valence-electron chi connectivity index (χ4n) is 1.35. The third kappa shape index (κ3) is 1.32. The smallest absolute Gasteiger partial charge is 0.227 e. The Bertz CT molecular complexity index is 372. The van der Waals surface area contributed by atoms with Crippen molar-refractivity contribution in [1.29, 1.82) is 0 Å². The first kappa shape index (κ1) is 10.5. The van der Waals surface area contributed by atoms with E-state index < -0.39 is 23.1 Å². The summed E-state index contributed by atoms with van der Waals surface area (Å²) >= 11 is 0. The molecule has 2 N–H and O–H groups in total. The lowest BCUT2D eigenvalue weighted by atomic mass is 9.88. The van der Waals surface area contributed by atoms with Crippen molar-refractivity contribution in [3.05, 3.63) is 22.7 Å². The van der Waals surface area contributed by atoms with Crippen LogP contribution in [-0.2, 0) is 9.59 Å². The van der Waals surface area contributed by atoms with Gasteiger partial charge in [0.2, 0.25) is 11.6 Å². The molecule has 14 heavy (non-hydrogen) atoms. The lowest BCUT2D eigenvalue weighted by Gasteiger charge is -2.17. The van der Waals surface area contributed by atoms with Crippen LogP contribution < -0.4 is 0 Å². The molecule has 0 heterocycles. The van der Waals surface area contributed by atoms with E-state index in [1.807, 2.05) is 0 Å². The van der Waals surface area contributed by atoms with Crippen LogP contribution in [0.15, 0.2) is 22.7 Å². The van der Waals surface area contributed by atoms with Crippen molar-refractivity contribution >= 4 is 11.6 Å². The van der Waals surface area contributed by atoms with Crippen LogP contribution in [0, 0.1) is 5.92 Å². The van der Waals surface area contributed by atoms with Crippen molar-refractivity contribution in [2.75, 3.05) is 0 Å². The maximum Gasteiger partial charge on any atom is 0.227 e. The minimum Gasteiger partial charge on any atom is -0.504 e. The number of Topliss-reactive ketones (excluding diaryl/α,β-unsaturated/α-hetero) is 2. The Morgan fingerprint density at radius 3 is 1.93 bits per heavy atom. The zero-order valence-corrected chi connectivity index (χ0v) is 8.29. The summed E-state index contributed by atoms with van der Waals surface area (Å²) in [4.78, 5) is 22.8. The minimum atomic E-state index is -0.675. The largest absolute Gasteiger partial charge is 0.504 e. The molecule has 76 valence electrons. The highest BCUT2D eigenvalue weighted by atomic mass is 16.3. The van der Waals surface area contributed by atoms with Gasteiger partial charge in [0.25, 0.3) is 0 Å². The first-order chi connectivity index (χ1) is 6.37. The molecule has 0 bridgehead atoms. The van der Waals surface area contributed by atoms with Crippen LogP contribution >= 0.6 is 0 Å². The van der Waals surface area contributed by atoms with Gasteiger partial charge in [-0.25, -0.2) is 0 Å². The van der Waals surface area contributed by atoms with Crippen LogP contribution in [0.1, 0.15) is 20.8 Å². The molecule has 0 aromatic rings. The predicted molar refractivity (Wildman–Crippen MR) is 49.8 cm³/mol. The van der Waals surface area contributed by atoms with Crippen molar-refractivity contribution in [3.63, 3.8) is 0 Å². The molecule has 1 aliphatic carbocycles. The van der Waals surface area contributed by atoms with Gasteiger partial charge in [-0.05, 0) is 12.8 Å². The molecule has 0 fully saturated rings. The monoisotopic (exact) mass is 196 g/mol. The van der Waals surface area contributed by atoms with Crippen LogP contribution in [0.5, 0.6) is 0 Å². The number of aliphatic hydroxyl groups is 2. The van der Waals surface area contributed by atoms with Gasteiger partial charge in [0, 0.05) is 5.57 Å². The lowest BCUT2D eigenvalue weighted by molar-refractivity contribution is -0.120. The van der Waals surface area contributed by atoms with E-state index in [4.69, 9.17) is 0 Å². The van der Waals surface area contributed by atoms with E-state index in [1.165, 1.54) is 6.92 Å². The van der Waals surface area contributed by atoms with Crippen LogP contribution in [0.4, 0.5) is 0 Å². The highest BCUT2D eigenvalue weighted by molar-refractivity contribution is 6.23. The van der Waals surface area contributed by atoms with E-state index in [9.17, 15) is 19.8 Å². The highest BCUT2D eigenvalue weighted by Crippen LogP contribution is 2.26. The molecule has 4 heteroatoms. The molecular weight excluding hydrogens is 184 g/mol. The summed E-state index contributed by atoms with van der Waals surface area (Å²) in [7, 11) is 0. The third-order valence-electron chi connectivity index (χ3n) is 2.20. The van der Waals surface area contributed by atoms with E-state index in [0.717, 1.165) is 0 Å². The Morgan fingerprint density at radius 1 is 1.00 bits per heavy atom. The van der Waals surface area contributed by atoms with Gasteiger partial charge in [-0.1, -0.05) is 13.8 Å². The van der Waals surface area contributed by atoms with E-state index in [2.05, 4.69) is 0 Å². The maximum absolute atomic E-state index is 11.5. The fourth-order valence-corrected chi connectivity index (χ4v) is 1.35. The molecule has 0 atom stereocenters. The standard InChI is InChI=1S/C10H12O4/c1-4(2)6-9(13)7(11)5(3)8(12)10(6)14/h4,11,14H,1-3H3. The van der Waals surface area contributed by atoms with Gasteiger partial charge in [0.05, 0.1) is 5.57 Å². The molecule has 4 nitrogen and oxygen atoms in total. The first-order valence-electron chi connectivity index (χ1n) is 4.30. The second kappa shape index (κ2) is 3.29. The van der Waals surface area contributed by atoms with Gasteiger partial charge in [0.1, 0.15) is 0 Å². The van der Waals surface area contributed by atoms with E-state index in [-0.39, 0.29) is 17.1 Å². The second-order valence-electron chi connectivity index (χ2n) is 3.55. The first-order valence-corrected chi connectivity index (χ1v) is 4.30. The molecule has 0 amide bonds. The molecule has 0 aromatic heterocycles. The molecule has 0 aliphatic heterocycles. The van der Waals surface area contributed by atoms with Crippen molar-refractivity contribution in [3.8, 4) is 0 Å². The normalized spacial score (nSPS) is 18.6. The lowest BCUT2D eigenvalue weighted by Crippen LogP contribution is -2.25. The molecule has 0 aromatic carbocycles. The Labute approximate surface area is 81.6 Å². The SMILES string of the molecule is CC1=C(O)C(=O)C(C(C)C)=C(O)C1=O. The summed E-state index contributed by atoms with van der Waals surface area (Å²) in [6.45, 7) is 4.65. The summed E-state index contributed by atoms with van der Waals surface area (Å²) in [5.74, 6) is -2.72. The van der Waals surface area contributed by atoms with Crippen LogP contribution in [0.2, 0.25) is 0 Å². The van der Waals surface area contributed by atoms with Crippen LogP contribution in [0.25, 0.3) is 0 Å². The van der Waals surface area contributed by atoms with Crippen LogP contribution in [0.3, 0.4) is 0 Å². The van der Waals surface area contributed by atoms with Crippen LogP contribution in [-0.4, -0.2) is 21.8 Å². The quantitative estimate of drug-likeness (QED) is 0.622. The Morgan fingerprint density at radius 2 is 1.50 bits per heavy atom. The minimum absolute atomic E-state index is 0.0156. The average molecular weight is 196 g/mol. The van der Waals surface area contributed by atoms with E-state index >= 15 is 0 Å². The number of hydrogen-bond acceptors (Lipinski definition) is 4. The summed E-state index contributed by atoms with van der Waals surface area (Å²) < 4.78 is 0. The topological polar surface area (TPSA) is 74.6 Å². The van der Waals surface area contributed by atoms with Gasteiger partial charge < -0.3 is 10.2 Å². The van der Waals surface area contributed by atoms with Gasteiger partial charge in [-0.15, -0.1) is 0 Å². The Balaban J connectivity index is 3.34. The number of carbonyl (C=O) groups is 2. The summed E-state index contributed by atoms with van der Waals surface area (Å²) in [5.41, 5.74) is -0.116. The number of hydrogen-bond donors (Lipinski definition) is 2. The van der Waals surface area contributed by atoms with Crippen molar-refractivity contribution in [2.45, 2.75) is 20.8 Å². The molecule has 1 aliphatic rings. The summed E-state index contributed by atoms with van der Waals surface area (Å²) in [5, 5.41) is 18.7. The number of allylic oxidation sites excluding steroid dienone is 2. The Kier molecular flexibility index (Phi) is 2.47. The molecular formula is C10H12O4. The summed E-state index contributed by atoms with van der Waals surface area (Å²) in [6, 6.07) is 0. The molecule has 0 saturated carbocycles. The van der Waals surface area contributed by atoms with Crippen molar-refractivity contribution in [1.82, 2.24) is 0 Å². The summed E-state index contributed by atoms with van der Waals surface area (Å²) in [6.07, 6.45) is 0. The second-order valence-corrected chi connectivity index (χ2v) is 3.55. The van der Waals surface area contributed by atoms with Gasteiger partial charge in [-0.2, -0.15) is 0 Å². The molecule has 0 radical (unpaired) electrons. The highest BCUT2D eigenvalue weighted by Gasteiger charge is 2.33. The Hall–Kier alpha value is -1.58. The number of rotatable bonds is 1. The van der Waals surface area contributed by atoms with Crippen molar-refractivity contribution in [2.24, 2.45) is 5.92 Å².